The molecule has 2 N–H and O–H groups in total. The molecule has 1 aromatic heterocycles. The number of benzene rings is 1. The zero-order chi connectivity index (χ0) is 20.2. The van der Waals surface area contributed by atoms with Crippen molar-refractivity contribution in [1.82, 2.24) is 9.88 Å². The van der Waals surface area contributed by atoms with Crippen LogP contribution >= 0.6 is 0 Å². The van der Waals surface area contributed by atoms with Crippen LogP contribution in [0.4, 0.5) is 9.18 Å². The van der Waals surface area contributed by atoms with E-state index < -0.39 is 11.9 Å². The molecule has 0 aliphatic rings. The molecule has 0 aliphatic heterocycles. The minimum Gasteiger partial charge on any atom is -0.491 e. The molecule has 0 spiro atoms. The van der Waals surface area contributed by atoms with Crippen molar-refractivity contribution in [3.63, 3.8) is 0 Å². The van der Waals surface area contributed by atoms with E-state index in [1.165, 1.54) is 22.8 Å². The minimum atomic E-state index is -1.20. The van der Waals surface area contributed by atoms with Gasteiger partial charge in [-0.15, -0.1) is 0 Å². The van der Waals surface area contributed by atoms with Gasteiger partial charge in [0.25, 0.3) is 5.56 Å². The third kappa shape index (κ3) is 5.21. The third-order valence-corrected chi connectivity index (χ3v) is 4.07. The van der Waals surface area contributed by atoms with Gasteiger partial charge in [-0.05, 0) is 30.0 Å². The van der Waals surface area contributed by atoms with E-state index in [4.69, 9.17) is 9.84 Å². The van der Waals surface area contributed by atoms with Crippen molar-refractivity contribution < 1.29 is 19.0 Å². The van der Waals surface area contributed by atoms with Crippen LogP contribution in [0.3, 0.4) is 0 Å². The van der Waals surface area contributed by atoms with Gasteiger partial charge in [0.2, 0.25) is 0 Å². The van der Waals surface area contributed by atoms with Crippen LogP contribution < -0.4 is 15.6 Å². The second kappa shape index (κ2) is 8.41. The number of carbonyl (C=O) groups is 1. The molecule has 0 fully saturated rings. The number of nitrogens with zero attached hydrogens (tertiary/aromatic N) is 1. The molecule has 0 saturated heterocycles. The Bertz CT molecular complexity index is 884. The SMILES string of the molecule is CCCCOc1c(CNC(=O)O)n(CC(C)(C)C)c(=O)c2ccc(F)cc12. The van der Waals surface area contributed by atoms with Gasteiger partial charge in [0.1, 0.15) is 11.6 Å². The average Bonchev–Trinajstić information content (AvgIpc) is 2.56. The second-order valence-corrected chi connectivity index (χ2v) is 7.78. The number of fused-ring (bicyclic) bond motifs is 1. The fourth-order valence-corrected chi connectivity index (χ4v) is 2.89. The van der Waals surface area contributed by atoms with Crippen LogP contribution in [-0.2, 0) is 13.1 Å². The maximum absolute atomic E-state index is 13.9. The Hall–Kier alpha value is -2.57. The molecule has 1 aromatic carbocycles. The first-order chi connectivity index (χ1) is 12.6. The number of hydrogen-bond donors (Lipinski definition) is 2. The maximum atomic E-state index is 13.9. The van der Waals surface area contributed by atoms with E-state index in [2.05, 4.69) is 5.32 Å². The fraction of sp³-hybridized carbons (Fsp3) is 0.500. The quantitative estimate of drug-likeness (QED) is 0.710. The topological polar surface area (TPSA) is 80.6 Å². The third-order valence-electron chi connectivity index (χ3n) is 4.07. The van der Waals surface area contributed by atoms with Crippen molar-refractivity contribution in [2.24, 2.45) is 5.41 Å². The van der Waals surface area contributed by atoms with Crippen LogP contribution in [0.5, 0.6) is 5.75 Å². The van der Waals surface area contributed by atoms with E-state index in [0.717, 1.165) is 12.8 Å². The lowest BCUT2D eigenvalue weighted by Crippen LogP contribution is -2.33. The Labute approximate surface area is 158 Å². The van der Waals surface area contributed by atoms with Gasteiger partial charge in [0.05, 0.1) is 24.2 Å². The summed E-state index contributed by atoms with van der Waals surface area (Å²) in [7, 11) is 0. The van der Waals surface area contributed by atoms with E-state index in [9.17, 15) is 14.0 Å². The highest BCUT2D eigenvalue weighted by Crippen LogP contribution is 2.30. The smallest absolute Gasteiger partial charge is 0.404 e. The number of unbranched alkanes of at least 4 members (excludes halogenated alkanes) is 1. The summed E-state index contributed by atoms with van der Waals surface area (Å²) in [5.41, 5.74) is -0.104. The largest absolute Gasteiger partial charge is 0.491 e. The van der Waals surface area contributed by atoms with Crippen LogP contribution in [0.2, 0.25) is 0 Å². The van der Waals surface area contributed by atoms with Crippen molar-refractivity contribution in [2.45, 2.75) is 53.6 Å². The zero-order valence-corrected chi connectivity index (χ0v) is 16.3. The number of ether oxygens (including phenoxy) is 1. The van der Waals surface area contributed by atoms with Gasteiger partial charge >= 0.3 is 6.09 Å². The Morgan fingerprint density at radius 1 is 1.30 bits per heavy atom. The van der Waals surface area contributed by atoms with E-state index in [1.54, 1.807) is 0 Å². The normalized spacial score (nSPS) is 11.6. The van der Waals surface area contributed by atoms with Crippen LogP contribution in [0.25, 0.3) is 10.8 Å². The van der Waals surface area contributed by atoms with E-state index >= 15 is 0 Å². The van der Waals surface area contributed by atoms with Crippen molar-refractivity contribution >= 4 is 16.9 Å². The highest BCUT2D eigenvalue weighted by molar-refractivity contribution is 5.88. The summed E-state index contributed by atoms with van der Waals surface area (Å²) in [5, 5.41) is 12.1. The van der Waals surface area contributed by atoms with E-state index in [-0.39, 0.29) is 17.5 Å². The van der Waals surface area contributed by atoms with Gasteiger partial charge < -0.3 is 19.7 Å². The molecule has 7 heteroatoms. The monoisotopic (exact) mass is 378 g/mol. The van der Waals surface area contributed by atoms with Crippen LogP contribution in [0, 0.1) is 11.2 Å². The molecule has 2 aromatic rings. The number of amides is 1. The lowest BCUT2D eigenvalue weighted by atomic mass is 9.96. The first kappa shape index (κ1) is 20.7. The molecule has 0 bridgehead atoms. The molecular weight excluding hydrogens is 351 g/mol. The van der Waals surface area contributed by atoms with Crippen molar-refractivity contribution in [2.75, 3.05) is 6.61 Å². The Morgan fingerprint density at radius 3 is 2.59 bits per heavy atom. The molecule has 0 saturated carbocycles. The van der Waals surface area contributed by atoms with Crippen molar-refractivity contribution in [1.29, 1.82) is 0 Å². The number of pyridine rings is 1. The maximum Gasteiger partial charge on any atom is 0.404 e. The van der Waals surface area contributed by atoms with Gasteiger partial charge in [-0.3, -0.25) is 4.79 Å². The first-order valence-corrected chi connectivity index (χ1v) is 9.08. The Balaban J connectivity index is 2.76. The summed E-state index contributed by atoms with van der Waals surface area (Å²) in [5.74, 6) is -0.122. The number of hydrogen-bond acceptors (Lipinski definition) is 3. The average molecular weight is 378 g/mol. The molecule has 2 rings (SSSR count). The summed E-state index contributed by atoms with van der Waals surface area (Å²) >= 11 is 0. The van der Waals surface area contributed by atoms with Gasteiger partial charge in [-0.1, -0.05) is 34.1 Å². The number of aromatic nitrogens is 1. The number of carboxylic acid groups (broad SMARTS) is 1. The van der Waals surface area contributed by atoms with Crippen LogP contribution in [-0.4, -0.2) is 22.4 Å². The van der Waals surface area contributed by atoms with Gasteiger partial charge in [-0.2, -0.15) is 0 Å². The lowest BCUT2D eigenvalue weighted by Gasteiger charge is -2.25. The molecule has 148 valence electrons. The standard InChI is InChI=1S/C20H27FN2O4/c1-5-6-9-27-17-15-10-13(21)7-8-14(15)18(24)23(12-20(2,3)4)16(17)11-22-19(25)26/h7-8,10,22H,5-6,9,11-12H2,1-4H3,(H,25,26). The Kier molecular flexibility index (Phi) is 6.46. The highest BCUT2D eigenvalue weighted by atomic mass is 19.1. The molecule has 1 heterocycles. The molecule has 6 nitrogen and oxygen atoms in total. The van der Waals surface area contributed by atoms with E-state index in [1.807, 2.05) is 27.7 Å². The fourth-order valence-electron chi connectivity index (χ4n) is 2.89. The van der Waals surface area contributed by atoms with Crippen molar-refractivity contribution in [3.8, 4) is 5.75 Å². The van der Waals surface area contributed by atoms with Gasteiger partial charge in [-0.25, -0.2) is 9.18 Å². The highest BCUT2D eigenvalue weighted by Gasteiger charge is 2.22. The second-order valence-electron chi connectivity index (χ2n) is 7.78. The summed E-state index contributed by atoms with van der Waals surface area (Å²) in [6, 6.07) is 3.97. The first-order valence-electron chi connectivity index (χ1n) is 9.08. The van der Waals surface area contributed by atoms with Gasteiger partial charge in [0, 0.05) is 11.9 Å². The summed E-state index contributed by atoms with van der Waals surface area (Å²) < 4.78 is 21.3. The summed E-state index contributed by atoms with van der Waals surface area (Å²) in [6.07, 6.45) is 0.501. The Morgan fingerprint density at radius 2 is 2.00 bits per heavy atom. The lowest BCUT2D eigenvalue weighted by molar-refractivity contribution is 0.193. The number of rotatable bonds is 7. The molecule has 0 aliphatic carbocycles. The van der Waals surface area contributed by atoms with Crippen molar-refractivity contribution in [3.05, 3.63) is 40.1 Å². The molecule has 0 unspecified atom stereocenters. The predicted molar refractivity (Wildman–Crippen MR) is 103 cm³/mol. The molecule has 27 heavy (non-hydrogen) atoms. The van der Waals surface area contributed by atoms with Crippen LogP contribution in [0.1, 0.15) is 46.2 Å². The number of halogens is 1. The molecular formula is C20H27FN2O4. The van der Waals surface area contributed by atoms with Gasteiger partial charge in [0.15, 0.2) is 0 Å². The zero-order valence-electron chi connectivity index (χ0n) is 16.3. The molecule has 1 amide bonds. The number of nitrogens with one attached hydrogen (secondary N) is 1. The minimum absolute atomic E-state index is 0.103. The van der Waals surface area contributed by atoms with Crippen LogP contribution in [0.15, 0.2) is 23.0 Å². The summed E-state index contributed by atoms with van der Waals surface area (Å²) in [6.45, 7) is 8.65. The molecule has 0 radical (unpaired) electrons. The predicted octanol–water partition coefficient (Wildman–Crippen LogP) is 4.13. The molecule has 0 atom stereocenters. The summed E-state index contributed by atoms with van der Waals surface area (Å²) in [4.78, 5) is 24.1. The van der Waals surface area contributed by atoms with E-state index in [0.29, 0.717) is 35.4 Å².